The number of hydrogen-bond donors (Lipinski definition) is 1. The molecular formula is C26H35N3O3. The molecule has 6 heteroatoms. The van der Waals surface area contributed by atoms with Crippen LogP contribution in [0.25, 0.3) is 10.9 Å². The summed E-state index contributed by atoms with van der Waals surface area (Å²) in [7, 11) is 0. The first-order valence-corrected chi connectivity index (χ1v) is 12.4. The topological polar surface area (TPSA) is 63.6 Å². The number of carbonyl (C=O) groups excluding carboxylic acids is 2. The van der Waals surface area contributed by atoms with E-state index in [4.69, 9.17) is 4.74 Å². The van der Waals surface area contributed by atoms with Crippen LogP contribution in [-0.4, -0.2) is 52.1 Å². The number of aromatic nitrogens is 1. The number of nitrogens with zero attached hydrogens (tertiary/aromatic N) is 2. The van der Waals surface area contributed by atoms with Gasteiger partial charge in [-0.15, -0.1) is 0 Å². The third kappa shape index (κ3) is 3.94. The van der Waals surface area contributed by atoms with Gasteiger partial charge in [-0.05, 0) is 44.7 Å². The number of benzene rings is 1. The van der Waals surface area contributed by atoms with Gasteiger partial charge in [0.1, 0.15) is 11.2 Å². The second kappa shape index (κ2) is 8.89. The Labute approximate surface area is 190 Å². The molecule has 3 heterocycles. The highest BCUT2D eigenvalue weighted by atomic mass is 16.5. The fourth-order valence-electron chi connectivity index (χ4n) is 5.73. The maximum atomic E-state index is 13.8. The third-order valence-corrected chi connectivity index (χ3v) is 7.68. The number of carbonyl (C=O) groups is 2. The maximum absolute atomic E-state index is 13.8. The minimum absolute atomic E-state index is 0.00314. The van der Waals surface area contributed by atoms with Crippen molar-refractivity contribution in [3.8, 4) is 0 Å². The van der Waals surface area contributed by atoms with E-state index in [0.29, 0.717) is 18.8 Å². The molecule has 3 aliphatic rings. The molecule has 1 aromatic heterocycles. The highest BCUT2D eigenvalue weighted by molar-refractivity contribution is 6.03. The predicted molar refractivity (Wildman–Crippen MR) is 125 cm³/mol. The second-order valence-electron chi connectivity index (χ2n) is 10.0. The summed E-state index contributed by atoms with van der Waals surface area (Å²) in [6, 6.07) is 10.2. The average molecular weight is 438 g/mol. The molecule has 5 rings (SSSR count). The van der Waals surface area contributed by atoms with Gasteiger partial charge in [-0.1, -0.05) is 50.3 Å². The van der Waals surface area contributed by atoms with Crippen LogP contribution in [0.2, 0.25) is 0 Å². The molecule has 0 bridgehead atoms. The fraction of sp³-hybridized carbons (Fsp3) is 0.615. The maximum Gasteiger partial charge on any atom is 0.271 e. The molecule has 172 valence electrons. The Balaban J connectivity index is 1.47. The Morgan fingerprint density at radius 3 is 2.59 bits per heavy atom. The molecule has 0 radical (unpaired) electrons. The van der Waals surface area contributed by atoms with Gasteiger partial charge in [-0.2, -0.15) is 0 Å². The van der Waals surface area contributed by atoms with Crippen LogP contribution >= 0.6 is 0 Å². The zero-order valence-corrected chi connectivity index (χ0v) is 19.1. The molecule has 2 aliphatic heterocycles. The van der Waals surface area contributed by atoms with Crippen molar-refractivity contribution in [3.63, 3.8) is 0 Å². The van der Waals surface area contributed by atoms with Gasteiger partial charge in [0.15, 0.2) is 0 Å². The molecule has 1 saturated carbocycles. The van der Waals surface area contributed by atoms with Gasteiger partial charge in [0, 0.05) is 30.1 Å². The largest absolute Gasteiger partial charge is 0.376 e. The van der Waals surface area contributed by atoms with Crippen LogP contribution in [0.5, 0.6) is 0 Å². The number of fused-ring (bicyclic) bond motifs is 3. The van der Waals surface area contributed by atoms with E-state index < -0.39 is 5.54 Å². The van der Waals surface area contributed by atoms with Gasteiger partial charge in [0.25, 0.3) is 5.91 Å². The van der Waals surface area contributed by atoms with Crippen molar-refractivity contribution in [2.45, 2.75) is 88.9 Å². The molecule has 0 unspecified atom stereocenters. The van der Waals surface area contributed by atoms with E-state index >= 15 is 0 Å². The minimum atomic E-state index is -0.944. The lowest BCUT2D eigenvalue weighted by atomic mass is 9.91. The van der Waals surface area contributed by atoms with Gasteiger partial charge in [-0.3, -0.25) is 9.59 Å². The summed E-state index contributed by atoms with van der Waals surface area (Å²) in [5.41, 5.74) is 0.734. The standard InChI is InChI=1S/C26H35N3O3/c1-26(25(31)27-20-11-5-3-2-4-6-12-20)18-28-22-14-8-7-10-19(22)16-23(28)24(30)29(26)17-21-13-9-15-32-21/h7-8,10,14,16,20-21H,2-6,9,11-13,15,17-18H2,1H3,(H,27,31)/t21-,26-/m0/s1. The van der Waals surface area contributed by atoms with Crippen LogP contribution in [0.1, 0.15) is 75.2 Å². The van der Waals surface area contributed by atoms with E-state index in [1.54, 1.807) is 4.90 Å². The molecule has 1 aliphatic carbocycles. The van der Waals surface area contributed by atoms with Gasteiger partial charge < -0.3 is 19.5 Å². The number of amides is 2. The molecule has 2 fully saturated rings. The smallest absolute Gasteiger partial charge is 0.271 e. The molecule has 2 aromatic rings. The molecule has 1 saturated heterocycles. The Hall–Kier alpha value is -2.34. The fourth-order valence-corrected chi connectivity index (χ4v) is 5.73. The summed E-state index contributed by atoms with van der Waals surface area (Å²) in [6.07, 6.45) is 10.1. The quantitative estimate of drug-likeness (QED) is 0.777. The van der Waals surface area contributed by atoms with Crippen molar-refractivity contribution >= 4 is 22.7 Å². The summed E-state index contributed by atoms with van der Waals surface area (Å²) < 4.78 is 7.92. The van der Waals surface area contributed by atoms with Crippen molar-refractivity contribution in [2.75, 3.05) is 13.2 Å². The average Bonchev–Trinajstić information content (AvgIpc) is 3.41. The molecule has 1 aromatic carbocycles. The van der Waals surface area contributed by atoms with Crippen molar-refractivity contribution in [2.24, 2.45) is 0 Å². The highest BCUT2D eigenvalue weighted by Crippen LogP contribution is 2.34. The van der Waals surface area contributed by atoms with Gasteiger partial charge in [0.2, 0.25) is 5.91 Å². The normalized spacial score (nSPS) is 27.2. The number of hydrogen-bond acceptors (Lipinski definition) is 3. The van der Waals surface area contributed by atoms with Crippen LogP contribution in [0.3, 0.4) is 0 Å². The van der Waals surface area contributed by atoms with Crippen LogP contribution in [0.15, 0.2) is 30.3 Å². The van der Waals surface area contributed by atoms with Crippen molar-refractivity contribution in [1.29, 1.82) is 0 Å². The molecule has 2 atom stereocenters. The summed E-state index contributed by atoms with van der Waals surface area (Å²) in [6.45, 7) is 3.61. The monoisotopic (exact) mass is 437 g/mol. The molecule has 6 nitrogen and oxygen atoms in total. The zero-order chi connectivity index (χ0) is 22.1. The van der Waals surface area contributed by atoms with E-state index in [2.05, 4.69) is 5.32 Å². The lowest BCUT2D eigenvalue weighted by Crippen LogP contribution is -2.66. The summed E-state index contributed by atoms with van der Waals surface area (Å²) in [4.78, 5) is 29.4. The Bertz CT molecular complexity index is 985. The number of rotatable bonds is 4. The predicted octanol–water partition coefficient (Wildman–Crippen LogP) is 4.26. The number of para-hydroxylation sites is 1. The van der Waals surface area contributed by atoms with E-state index in [1.165, 1.54) is 19.3 Å². The first-order valence-electron chi connectivity index (χ1n) is 12.4. The lowest BCUT2D eigenvalue weighted by Gasteiger charge is -2.45. The van der Waals surface area contributed by atoms with Crippen LogP contribution < -0.4 is 5.32 Å². The SMILES string of the molecule is C[C@@]1(C(=O)NC2CCCCCCC2)Cn2c(cc3ccccc32)C(=O)N1C[C@@H]1CCCO1. The van der Waals surface area contributed by atoms with E-state index in [-0.39, 0.29) is 24.0 Å². The van der Waals surface area contributed by atoms with Crippen LogP contribution in [0, 0.1) is 0 Å². The van der Waals surface area contributed by atoms with Gasteiger partial charge in [-0.25, -0.2) is 0 Å². The Morgan fingerprint density at radius 2 is 1.84 bits per heavy atom. The summed E-state index contributed by atoms with van der Waals surface area (Å²) >= 11 is 0. The van der Waals surface area contributed by atoms with Gasteiger partial charge in [0.05, 0.1) is 12.6 Å². The second-order valence-corrected chi connectivity index (χ2v) is 10.0. The molecule has 0 spiro atoms. The van der Waals surface area contributed by atoms with Gasteiger partial charge >= 0.3 is 0 Å². The summed E-state index contributed by atoms with van der Waals surface area (Å²) in [5, 5.41) is 4.40. The van der Waals surface area contributed by atoms with Crippen LogP contribution in [0.4, 0.5) is 0 Å². The van der Waals surface area contributed by atoms with Crippen LogP contribution in [-0.2, 0) is 16.1 Å². The third-order valence-electron chi connectivity index (χ3n) is 7.68. The number of ether oxygens (including phenoxy) is 1. The zero-order valence-electron chi connectivity index (χ0n) is 19.1. The minimum Gasteiger partial charge on any atom is -0.376 e. The van der Waals surface area contributed by atoms with Crippen molar-refractivity contribution in [3.05, 3.63) is 36.0 Å². The number of nitrogens with one attached hydrogen (secondary N) is 1. The van der Waals surface area contributed by atoms with E-state index in [0.717, 1.165) is 56.0 Å². The lowest BCUT2D eigenvalue weighted by molar-refractivity contribution is -0.134. The molecule has 1 N–H and O–H groups in total. The Morgan fingerprint density at radius 1 is 1.09 bits per heavy atom. The van der Waals surface area contributed by atoms with E-state index in [1.807, 2.05) is 41.8 Å². The Kier molecular flexibility index (Phi) is 5.97. The molecular weight excluding hydrogens is 402 g/mol. The molecule has 2 amide bonds. The van der Waals surface area contributed by atoms with Crippen molar-refractivity contribution < 1.29 is 14.3 Å². The highest BCUT2D eigenvalue weighted by Gasteiger charge is 2.49. The van der Waals surface area contributed by atoms with Crippen molar-refractivity contribution in [1.82, 2.24) is 14.8 Å². The first kappa shape index (κ1) is 21.5. The summed E-state index contributed by atoms with van der Waals surface area (Å²) in [5.74, 6) is -0.101. The first-order chi connectivity index (χ1) is 15.6. The molecule has 32 heavy (non-hydrogen) atoms. The van der Waals surface area contributed by atoms with E-state index in [9.17, 15) is 9.59 Å².